The normalized spacial score (nSPS) is 10.4. The van der Waals surface area contributed by atoms with Crippen LogP contribution in [-0.4, -0.2) is 18.2 Å². The number of halogens is 2. The molecule has 92 valence electrons. The fraction of sp³-hybridized carbons (Fsp3) is 0.333. The molecule has 0 bridgehead atoms. The van der Waals surface area contributed by atoms with Crippen LogP contribution >= 0.6 is 22.6 Å². The van der Waals surface area contributed by atoms with E-state index >= 15 is 0 Å². The van der Waals surface area contributed by atoms with Crippen LogP contribution in [0.4, 0.5) is 4.39 Å². The molecular formula is C12H13FINO2. The molecule has 5 heteroatoms. The lowest BCUT2D eigenvalue weighted by Gasteiger charge is -2.08. The van der Waals surface area contributed by atoms with E-state index in [1.807, 2.05) is 22.6 Å². The maximum absolute atomic E-state index is 12.8. The van der Waals surface area contributed by atoms with Crippen LogP contribution < -0.4 is 5.32 Å². The topological polar surface area (TPSA) is 46.2 Å². The zero-order chi connectivity index (χ0) is 13.0. The minimum Gasteiger partial charge on any atom is -0.345 e. The molecule has 0 unspecified atom stereocenters. The van der Waals surface area contributed by atoms with Crippen molar-refractivity contribution in [1.82, 2.24) is 5.32 Å². The van der Waals surface area contributed by atoms with Gasteiger partial charge in [-0.05, 0) is 40.8 Å². The summed E-state index contributed by atoms with van der Waals surface area (Å²) in [5, 5.41) is 2.52. The lowest BCUT2D eigenvalue weighted by molar-refractivity contribution is -0.120. The molecule has 0 saturated carbocycles. The van der Waals surface area contributed by atoms with E-state index in [1.54, 1.807) is 13.8 Å². The van der Waals surface area contributed by atoms with Crippen molar-refractivity contribution in [3.63, 3.8) is 0 Å². The first-order valence-electron chi connectivity index (χ1n) is 5.17. The summed E-state index contributed by atoms with van der Waals surface area (Å²) in [6.45, 7) is 3.55. The van der Waals surface area contributed by atoms with Gasteiger partial charge >= 0.3 is 0 Å². The van der Waals surface area contributed by atoms with Crippen LogP contribution in [0.1, 0.15) is 24.2 Å². The number of ketones is 1. The summed E-state index contributed by atoms with van der Waals surface area (Å²) in [5.74, 6) is -0.884. The molecule has 1 aromatic rings. The van der Waals surface area contributed by atoms with Gasteiger partial charge in [-0.1, -0.05) is 13.8 Å². The highest BCUT2D eigenvalue weighted by molar-refractivity contribution is 14.1. The van der Waals surface area contributed by atoms with E-state index in [-0.39, 0.29) is 30.0 Å². The smallest absolute Gasteiger partial charge is 0.252 e. The summed E-state index contributed by atoms with van der Waals surface area (Å²) in [6, 6.07) is 3.91. The predicted molar refractivity (Wildman–Crippen MR) is 71.3 cm³/mol. The maximum Gasteiger partial charge on any atom is 0.252 e. The Balaban J connectivity index is 2.68. The van der Waals surface area contributed by atoms with E-state index in [2.05, 4.69) is 5.32 Å². The van der Waals surface area contributed by atoms with Gasteiger partial charge in [0.25, 0.3) is 5.91 Å². The number of hydrogen-bond acceptors (Lipinski definition) is 2. The molecular weight excluding hydrogens is 336 g/mol. The molecule has 17 heavy (non-hydrogen) atoms. The van der Waals surface area contributed by atoms with Gasteiger partial charge in [0.1, 0.15) is 5.82 Å². The molecule has 1 amide bonds. The average molecular weight is 349 g/mol. The molecule has 0 heterocycles. The predicted octanol–water partition coefficient (Wildman–Crippen LogP) is 2.39. The van der Waals surface area contributed by atoms with E-state index in [0.29, 0.717) is 9.13 Å². The zero-order valence-electron chi connectivity index (χ0n) is 9.59. The van der Waals surface area contributed by atoms with Crippen molar-refractivity contribution in [3.05, 3.63) is 33.1 Å². The second-order valence-electron chi connectivity index (χ2n) is 3.93. The van der Waals surface area contributed by atoms with Crippen LogP contribution in [0.3, 0.4) is 0 Å². The van der Waals surface area contributed by atoms with Crippen LogP contribution in [0.25, 0.3) is 0 Å². The summed E-state index contributed by atoms with van der Waals surface area (Å²) >= 11 is 1.89. The number of amides is 1. The Morgan fingerprint density at radius 2 is 2.06 bits per heavy atom. The lowest BCUT2D eigenvalue weighted by atomic mass is 10.1. The van der Waals surface area contributed by atoms with Crippen molar-refractivity contribution in [2.45, 2.75) is 13.8 Å². The van der Waals surface area contributed by atoms with Crippen molar-refractivity contribution in [1.29, 1.82) is 0 Å². The van der Waals surface area contributed by atoms with Crippen LogP contribution in [0.15, 0.2) is 18.2 Å². The Morgan fingerprint density at radius 3 is 2.59 bits per heavy atom. The summed E-state index contributed by atoms with van der Waals surface area (Å²) in [4.78, 5) is 23.1. The van der Waals surface area contributed by atoms with Crippen LogP contribution in [-0.2, 0) is 4.79 Å². The highest BCUT2D eigenvalue weighted by Crippen LogP contribution is 2.13. The minimum atomic E-state index is -0.385. The third-order valence-electron chi connectivity index (χ3n) is 2.24. The fourth-order valence-electron chi connectivity index (χ4n) is 1.14. The van der Waals surface area contributed by atoms with Gasteiger partial charge in [0.2, 0.25) is 0 Å². The van der Waals surface area contributed by atoms with Crippen molar-refractivity contribution in [2.75, 3.05) is 6.54 Å². The standard InChI is InChI=1S/C12H13FINO2/c1-7(2)11(16)6-15-12(17)9-4-3-8(13)5-10(9)14/h3-5,7H,6H2,1-2H3,(H,15,17). The van der Waals surface area contributed by atoms with Gasteiger partial charge in [0.05, 0.1) is 12.1 Å². The number of Topliss-reactive ketones (excluding diaryl/α,β-unsaturated/α-hetero) is 1. The minimum absolute atomic E-state index is 0.00393. The molecule has 0 aliphatic heterocycles. The van der Waals surface area contributed by atoms with Gasteiger partial charge in [-0.15, -0.1) is 0 Å². The van der Waals surface area contributed by atoms with Gasteiger partial charge in [0, 0.05) is 9.49 Å². The number of carbonyl (C=O) groups is 2. The molecule has 1 rings (SSSR count). The Morgan fingerprint density at radius 1 is 1.41 bits per heavy atom. The maximum atomic E-state index is 12.8. The Kier molecular flexibility index (Phi) is 5.04. The zero-order valence-corrected chi connectivity index (χ0v) is 11.7. The fourth-order valence-corrected chi connectivity index (χ4v) is 1.86. The van der Waals surface area contributed by atoms with Gasteiger partial charge in [0.15, 0.2) is 5.78 Å². The number of nitrogens with one attached hydrogen (secondary N) is 1. The van der Waals surface area contributed by atoms with Gasteiger partial charge in [-0.25, -0.2) is 4.39 Å². The summed E-state index contributed by atoms with van der Waals surface area (Å²) in [5.41, 5.74) is 0.378. The first kappa shape index (κ1) is 14.1. The number of carbonyl (C=O) groups excluding carboxylic acids is 2. The van der Waals surface area contributed by atoms with Gasteiger partial charge < -0.3 is 5.32 Å². The summed E-state index contributed by atoms with van der Waals surface area (Å²) in [6.07, 6.45) is 0. The molecule has 0 saturated heterocycles. The summed E-state index contributed by atoms with van der Waals surface area (Å²) in [7, 11) is 0. The van der Waals surface area contributed by atoms with Crippen molar-refractivity contribution >= 4 is 34.3 Å². The van der Waals surface area contributed by atoms with E-state index in [4.69, 9.17) is 0 Å². The molecule has 0 fully saturated rings. The lowest BCUT2D eigenvalue weighted by Crippen LogP contribution is -2.32. The molecule has 3 nitrogen and oxygen atoms in total. The third-order valence-corrected chi connectivity index (χ3v) is 3.14. The molecule has 1 N–H and O–H groups in total. The molecule has 0 radical (unpaired) electrons. The highest BCUT2D eigenvalue weighted by atomic mass is 127. The largest absolute Gasteiger partial charge is 0.345 e. The van der Waals surface area contributed by atoms with Crippen molar-refractivity contribution in [3.8, 4) is 0 Å². The van der Waals surface area contributed by atoms with Crippen molar-refractivity contribution in [2.24, 2.45) is 5.92 Å². The van der Waals surface area contributed by atoms with E-state index in [1.165, 1.54) is 18.2 Å². The van der Waals surface area contributed by atoms with Crippen LogP contribution in [0.2, 0.25) is 0 Å². The molecule has 0 aliphatic rings. The molecule has 0 atom stereocenters. The molecule has 0 aliphatic carbocycles. The second-order valence-corrected chi connectivity index (χ2v) is 5.09. The van der Waals surface area contributed by atoms with Crippen molar-refractivity contribution < 1.29 is 14.0 Å². The van der Waals surface area contributed by atoms with E-state index in [0.717, 1.165) is 0 Å². The highest BCUT2D eigenvalue weighted by Gasteiger charge is 2.13. The monoisotopic (exact) mass is 349 g/mol. The number of benzene rings is 1. The first-order valence-corrected chi connectivity index (χ1v) is 6.25. The number of hydrogen-bond donors (Lipinski definition) is 1. The van der Waals surface area contributed by atoms with E-state index in [9.17, 15) is 14.0 Å². The Hall–Kier alpha value is -0.980. The first-order chi connectivity index (χ1) is 7.91. The van der Waals surface area contributed by atoms with Crippen LogP contribution in [0, 0.1) is 15.3 Å². The molecule has 0 aromatic heterocycles. The molecule has 1 aromatic carbocycles. The SMILES string of the molecule is CC(C)C(=O)CNC(=O)c1ccc(F)cc1I. The van der Waals surface area contributed by atoms with Gasteiger partial charge in [-0.3, -0.25) is 9.59 Å². The second kappa shape index (κ2) is 6.09. The Labute approximate surface area is 113 Å². The quantitative estimate of drug-likeness (QED) is 0.849. The Bertz CT molecular complexity index is 446. The van der Waals surface area contributed by atoms with E-state index < -0.39 is 0 Å². The van der Waals surface area contributed by atoms with Gasteiger partial charge in [-0.2, -0.15) is 0 Å². The summed E-state index contributed by atoms with van der Waals surface area (Å²) < 4.78 is 13.4. The number of rotatable bonds is 4. The average Bonchev–Trinajstić information content (AvgIpc) is 2.25. The van der Waals surface area contributed by atoms with Crippen LogP contribution in [0.5, 0.6) is 0 Å². The third kappa shape index (κ3) is 4.07. The molecule has 0 spiro atoms.